The third kappa shape index (κ3) is 4.66. The van der Waals surface area contributed by atoms with Crippen molar-refractivity contribution in [2.45, 2.75) is 17.9 Å². The second-order valence-electron chi connectivity index (χ2n) is 5.74. The molecule has 0 aliphatic carbocycles. The van der Waals surface area contributed by atoms with Crippen LogP contribution in [0.4, 0.5) is 4.39 Å². The van der Waals surface area contributed by atoms with Gasteiger partial charge in [0.2, 0.25) is 10.0 Å². The number of carbonyl (C=O) groups excluding carboxylic acids is 1. The van der Waals surface area contributed by atoms with E-state index >= 15 is 0 Å². The summed E-state index contributed by atoms with van der Waals surface area (Å²) >= 11 is 0. The molecule has 0 radical (unpaired) electrons. The lowest BCUT2D eigenvalue weighted by atomic mass is 10.1. The molecule has 140 valence electrons. The molecule has 8 heteroatoms. The van der Waals surface area contributed by atoms with E-state index in [9.17, 15) is 22.7 Å². The summed E-state index contributed by atoms with van der Waals surface area (Å²) in [7, 11) is -2.35. The Morgan fingerprint density at radius 3 is 2.58 bits per heavy atom. The van der Waals surface area contributed by atoms with Crippen molar-refractivity contribution in [1.82, 2.24) is 9.62 Å². The number of aliphatic hydroxyl groups excluding tert-OH is 1. The molecule has 2 aromatic carbocycles. The fourth-order valence-corrected chi connectivity index (χ4v) is 3.37. The van der Waals surface area contributed by atoms with Crippen molar-refractivity contribution in [2.75, 3.05) is 20.1 Å². The average molecular weight is 380 g/mol. The molecule has 1 atom stereocenters. The van der Waals surface area contributed by atoms with Gasteiger partial charge in [-0.3, -0.25) is 4.79 Å². The van der Waals surface area contributed by atoms with E-state index in [0.717, 1.165) is 0 Å². The van der Waals surface area contributed by atoms with Crippen LogP contribution >= 0.6 is 0 Å². The number of nitrogens with zero attached hydrogens (tertiary/aromatic N) is 1. The number of nitrogens with one attached hydrogen (secondary N) is 1. The summed E-state index contributed by atoms with van der Waals surface area (Å²) in [5.41, 5.74) is 0.246. The van der Waals surface area contributed by atoms with Crippen LogP contribution in [0.25, 0.3) is 0 Å². The maximum absolute atomic E-state index is 13.7. The Hall–Kier alpha value is -2.29. The molecule has 0 aliphatic rings. The molecule has 0 fully saturated rings. The van der Waals surface area contributed by atoms with Gasteiger partial charge < -0.3 is 10.0 Å². The van der Waals surface area contributed by atoms with Crippen molar-refractivity contribution in [1.29, 1.82) is 0 Å². The molecular weight excluding hydrogens is 359 g/mol. The molecular formula is C18H21FN2O4S. The molecule has 0 aliphatic heterocycles. The van der Waals surface area contributed by atoms with Gasteiger partial charge in [0.05, 0.1) is 11.0 Å². The highest BCUT2D eigenvalue weighted by molar-refractivity contribution is 7.89. The standard InChI is InChI=1S/C18H21FN2O4S/c1-3-21(2)18(23)13-7-6-8-14(11-13)26(24,25)20-12-17(22)15-9-4-5-10-16(15)19/h4-11,17,20,22H,3,12H2,1-2H3/t17-/m1/s1. The third-order valence-corrected chi connectivity index (χ3v) is 5.36. The number of hydrogen-bond acceptors (Lipinski definition) is 4. The second kappa shape index (κ2) is 8.39. The van der Waals surface area contributed by atoms with Crippen molar-refractivity contribution in [2.24, 2.45) is 0 Å². The summed E-state index contributed by atoms with van der Waals surface area (Å²) in [5, 5.41) is 10.0. The van der Waals surface area contributed by atoms with E-state index in [-0.39, 0.29) is 21.9 Å². The number of aliphatic hydroxyl groups is 1. The molecule has 2 aromatic rings. The van der Waals surface area contributed by atoms with Crippen LogP contribution in [-0.4, -0.2) is 44.5 Å². The Kier molecular flexibility index (Phi) is 6.47. The molecule has 2 N–H and O–H groups in total. The number of amides is 1. The van der Waals surface area contributed by atoms with Gasteiger partial charge >= 0.3 is 0 Å². The predicted molar refractivity (Wildman–Crippen MR) is 95.6 cm³/mol. The van der Waals surface area contributed by atoms with E-state index in [1.165, 1.54) is 47.4 Å². The van der Waals surface area contributed by atoms with Gasteiger partial charge in [0.25, 0.3) is 5.91 Å². The number of carbonyl (C=O) groups is 1. The van der Waals surface area contributed by atoms with Gasteiger partial charge in [-0.15, -0.1) is 0 Å². The quantitative estimate of drug-likeness (QED) is 0.768. The van der Waals surface area contributed by atoms with Crippen molar-refractivity contribution in [3.63, 3.8) is 0 Å². The topological polar surface area (TPSA) is 86.7 Å². The Balaban J connectivity index is 2.15. The molecule has 2 rings (SSSR count). The highest BCUT2D eigenvalue weighted by Crippen LogP contribution is 2.18. The molecule has 0 unspecified atom stereocenters. The van der Waals surface area contributed by atoms with Crippen LogP contribution in [0, 0.1) is 5.82 Å². The second-order valence-corrected chi connectivity index (χ2v) is 7.50. The van der Waals surface area contributed by atoms with Crippen molar-refractivity contribution >= 4 is 15.9 Å². The summed E-state index contributed by atoms with van der Waals surface area (Å²) < 4.78 is 40.7. The lowest BCUT2D eigenvalue weighted by molar-refractivity contribution is 0.0802. The first kappa shape index (κ1) is 20.0. The van der Waals surface area contributed by atoms with E-state index in [1.807, 2.05) is 6.92 Å². The van der Waals surface area contributed by atoms with Gasteiger partial charge in [0.15, 0.2) is 0 Å². The molecule has 1 amide bonds. The van der Waals surface area contributed by atoms with Gasteiger partial charge in [0, 0.05) is 31.3 Å². The Morgan fingerprint density at radius 1 is 1.23 bits per heavy atom. The Bertz CT molecular complexity index is 886. The highest BCUT2D eigenvalue weighted by Gasteiger charge is 2.20. The number of sulfonamides is 1. The minimum atomic E-state index is -3.97. The molecule has 0 aromatic heterocycles. The first-order valence-electron chi connectivity index (χ1n) is 8.04. The summed E-state index contributed by atoms with van der Waals surface area (Å²) in [4.78, 5) is 13.5. The van der Waals surface area contributed by atoms with E-state index in [0.29, 0.717) is 6.54 Å². The zero-order chi connectivity index (χ0) is 19.3. The number of rotatable bonds is 7. The van der Waals surface area contributed by atoms with Crippen LogP contribution in [0.1, 0.15) is 28.9 Å². The summed E-state index contributed by atoms with van der Waals surface area (Å²) in [6.45, 7) is 1.91. The van der Waals surface area contributed by atoms with E-state index in [4.69, 9.17) is 0 Å². The van der Waals surface area contributed by atoms with Gasteiger partial charge in [-0.1, -0.05) is 24.3 Å². The van der Waals surface area contributed by atoms with E-state index < -0.39 is 28.5 Å². The smallest absolute Gasteiger partial charge is 0.253 e. The van der Waals surface area contributed by atoms with Gasteiger partial charge in [-0.25, -0.2) is 17.5 Å². The average Bonchev–Trinajstić information content (AvgIpc) is 2.65. The van der Waals surface area contributed by atoms with E-state index in [1.54, 1.807) is 13.1 Å². The molecule has 0 saturated carbocycles. The molecule has 6 nitrogen and oxygen atoms in total. The lowest BCUT2D eigenvalue weighted by Gasteiger charge is -2.16. The van der Waals surface area contributed by atoms with Crippen LogP contribution in [0.5, 0.6) is 0 Å². The zero-order valence-corrected chi connectivity index (χ0v) is 15.3. The zero-order valence-electron chi connectivity index (χ0n) is 14.5. The van der Waals surface area contributed by atoms with Crippen molar-refractivity contribution < 1.29 is 22.7 Å². The normalized spacial score (nSPS) is 12.6. The summed E-state index contributed by atoms with van der Waals surface area (Å²) in [6.07, 6.45) is -1.33. The van der Waals surface area contributed by atoms with Crippen molar-refractivity contribution in [3.05, 3.63) is 65.5 Å². The maximum Gasteiger partial charge on any atom is 0.253 e. The number of halogens is 1. The van der Waals surface area contributed by atoms with Crippen LogP contribution in [0.15, 0.2) is 53.4 Å². The predicted octanol–water partition coefficient (Wildman–Crippen LogP) is 1.93. The number of hydrogen-bond donors (Lipinski definition) is 2. The van der Waals surface area contributed by atoms with Crippen molar-refractivity contribution in [3.8, 4) is 0 Å². The molecule has 0 heterocycles. The fraction of sp³-hybridized carbons (Fsp3) is 0.278. The lowest BCUT2D eigenvalue weighted by Crippen LogP contribution is -2.30. The van der Waals surface area contributed by atoms with Crippen LogP contribution in [0.2, 0.25) is 0 Å². The molecule has 0 bridgehead atoms. The minimum Gasteiger partial charge on any atom is -0.387 e. The highest BCUT2D eigenvalue weighted by atomic mass is 32.2. The van der Waals surface area contributed by atoms with Gasteiger partial charge in [0.1, 0.15) is 5.82 Å². The Morgan fingerprint density at radius 2 is 1.92 bits per heavy atom. The summed E-state index contributed by atoms with van der Waals surface area (Å²) in [6, 6.07) is 11.2. The Labute approximate surface area is 152 Å². The van der Waals surface area contributed by atoms with Gasteiger partial charge in [-0.05, 0) is 31.2 Å². The third-order valence-electron chi connectivity index (χ3n) is 3.94. The largest absolute Gasteiger partial charge is 0.387 e. The van der Waals surface area contributed by atoms with Gasteiger partial charge in [-0.2, -0.15) is 0 Å². The fourth-order valence-electron chi connectivity index (χ4n) is 2.29. The maximum atomic E-state index is 13.7. The molecule has 0 spiro atoms. The molecule has 26 heavy (non-hydrogen) atoms. The first-order valence-corrected chi connectivity index (χ1v) is 9.52. The van der Waals surface area contributed by atoms with E-state index in [2.05, 4.69) is 4.72 Å². The van der Waals surface area contributed by atoms with Crippen LogP contribution in [-0.2, 0) is 10.0 Å². The minimum absolute atomic E-state index is 0.00343. The van der Waals surface area contributed by atoms with Crippen LogP contribution < -0.4 is 4.72 Å². The first-order chi connectivity index (χ1) is 12.3. The monoisotopic (exact) mass is 380 g/mol. The van der Waals surface area contributed by atoms with Crippen LogP contribution in [0.3, 0.4) is 0 Å². The molecule has 0 saturated heterocycles. The SMILES string of the molecule is CCN(C)C(=O)c1cccc(S(=O)(=O)NC[C@@H](O)c2ccccc2F)c1. The summed E-state index contributed by atoms with van der Waals surface area (Å²) in [5.74, 6) is -0.912. The number of benzene rings is 2.